The van der Waals surface area contributed by atoms with E-state index in [4.69, 9.17) is 15.2 Å². The van der Waals surface area contributed by atoms with Crippen LogP contribution < -0.4 is 15.2 Å². The van der Waals surface area contributed by atoms with Crippen molar-refractivity contribution < 1.29 is 9.47 Å². The quantitative estimate of drug-likeness (QED) is 0.866. The first-order valence-electron chi connectivity index (χ1n) is 5.51. The molecule has 88 valence electrons. The number of halogens is 1. The first-order valence-corrected chi connectivity index (χ1v) is 6.31. The van der Waals surface area contributed by atoms with E-state index in [-0.39, 0.29) is 0 Å². The number of benzene rings is 1. The lowest BCUT2D eigenvalue weighted by atomic mass is 10.0. The van der Waals surface area contributed by atoms with E-state index in [1.165, 1.54) is 5.56 Å². The number of hydrogen-bond acceptors (Lipinski definition) is 3. The fraction of sp³-hybridized carbons (Fsp3) is 0.500. The minimum atomic E-state index is 0.328. The lowest BCUT2D eigenvalue weighted by molar-refractivity contribution is 0.173. The molecule has 0 bridgehead atoms. The molecule has 1 heterocycles. The van der Waals surface area contributed by atoms with Crippen LogP contribution in [0, 0.1) is 6.92 Å². The highest BCUT2D eigenvalue weighted by atomic mass is 79.9. The minimum Gasteiger partial charge on any atom is -0.454 e. The van der Waals surface area contributed by atoms with Crippen molar-refractivity contribution >= 4 is 15.9 Å². The Morgan fingerprint density at radius 2 is 2.19 bits per heavy atom. The molecular weight excluding hydrogens is 270 g/mol. The highest BCUT2D eigenvalue weighted by molar-refractivity contribution is 9.10. The van der Waals surface area contributed by atoms with E-state index in [9.17, 15) is 0 Å². The van der Waals surface area contributed by atoms with Gasteiger partial charge in [-0.3, -0.25) is 0 Å². The molecule has 2 rings (SSSR count). The van der Waals surface area contributed by atoms with Crippen molar-refractivity contribution in [1.82, 2.24) is 0 Å². The van der Waals surface area contributed by atoms with Crippen molar-refractivity contribution in [2.45, 2.75) is 26.2 Å². The zero-order valence-corrected chi connectivity index (χ0v) is 11.0. The molecule has 1 aromatic carbocycles. The van der Waals surface area contributed by atoms with Gasteiger partial charge in [0.15, 0.2) is 11.5 Å². The summed E-state index contributed by atoms with van der Waals surface area (Å²) in [6.07, 6.45) is 3.18. The smallest absolute Gasteiger partial charge is 0.231 e. The van der Waals surface area contributed by atoms with Crippen LogP contribution in [-0.2, 0) is 6.42 Å². The molecule has 0 amide bonds. The summed E-state index contributed by atoms with van der Waals surface area (Å²) in [4.78, 5) is 0. The van der Waals surface area contributed by atoms with E-state index < -0.39 is 0 Å². The Hall–Kier alpha value is -0.740. The van der Waals surface area contributed by atoms with Crippen LogP contribution in [0.3, 0.4) is 0 Å². The molecule has 1 aromatic rings. The highest BCUT2D eigenvalue weighted by Crippen LogP contribution is 2.41. The number of rotatable bonds is 4. The molecule has 0 saturated carbocycles. The zero-order valence-electron chi connectivity index (χ0n) is 9.38. The van der Waals surface area contributed by atoms with Crippen LogP contribution in [0.5, 0.6) is 11.5 Å². The van der Waals surface area contributed by atoms with Crippen molar-refractivity contribution in [2.75, 3.05) is 13.3 Å². The summed E-state index contributed by atoms with van der Waals surface area (Å²) in [6, 6.07) is 2.07. The summed E-state index contributed by atoms with van der Waals surface area (Å²) >= 11 is 3.62. The minimum absolute atomic E-state index is 0.328. The van der Waals surface area contributed by atoms with Gasteiger partial charge in [-0.2, -0.15) is 0 Å². The summed E-state index contributed by atoms with van der Waals surface area (Å²) in [6.45, 7) is 3.13. The molecular formula is C12H16BrNO2. The highest BCUT2D eigenvalue weighted by Gasteiger charge is 2.20. The van der Waals surface area contributed by atoms with Gasteiger partial charge in [-0.05, 0) is 44.4 Å². The fourth-order valence-electron chi connectivity index (χ4n) is 1.89. The largest absolute Gasteiger partial charge is 0.454 e. The van der Waals surface area contributed by atoms with Crippen LogP contribution in [-0.4, -0.2) is 13.3 Å². The molecule has 0 saturated heterocycles. The molecule has 1 aliphatic rings. The molecule has 0 aliphatic carbocycles. The maximum atomic E-state index is 5.49. The molecule has 0 spiro atoms. The second-order valence-electron chi connectivity index (χ2n) is 3.95. The van der Waals surface area contributed by atoms with Crippen LogP contribution in [0.25, 0.3) is 0 Å². The SMILES string of the molecule is Cc1c(Br)c(CCCCN)cc2c1OCO2. The Kier molecular flexibility index (Phi) is 3.71. The predicted molar refractivity (Wildman–Crippen MR) is 67.0 cm³/mol. The van der Waals surface area contributed by atoms with Gasteiger partial charge in [0, 0.05) is 10.0 Å². The maximum absolute atomic E-state index is 5.49. The van der Waals surface area contributed by atoms with Gasteiger partial charge >= 0.3 is 0 Å². The Morgan fingerprint density at radius 3 is 2.94 bits per heavy atom. The zero-order chi connectivity index (χ0) is 11.5. The second kappa shape index (κ2) is 5.06. The van der Waals surface area contributed by atoms with E-state index in [2.05, 4.69) is 22.0 Å². The average molecular weight is 286 g/mol. The van der Waals surface area contributed by atoms with Crippen LogP contribution >= 0.6 is 15.9 Å². The van der Waals surface area contributed by atoms with Crippen molar-refractivity contribution in [2.24, 2.45) is 5.73 Å². The first kappa shape index (κ1) is 11.7. The number of fused-ring (bicyclic) bond motifs is 1. The third kappa shape index (κ3) is 2.18. The Balaban J connectivity index is 2.22. The average Bonchev–Trinajstić information content (AvgIpc) is 2.73. The molecule has 0 radical (unpaired) electrons. The maximum Gasteiger partial charge on any atom is 0.231 e. The Labute approximate surface area is 104 Å². The van der Waals surface area contributed by atoms with Gasteiger partial charge in [0.1, 0.15) is 0 Å². The van der Waals surface area contributed by atoms with Crippen molar-refractivity contribution in [3.8, 4) is 11.5 Å². The second-order valence-corrected chi connectivity index (χ2v) is 4.75. The number of nitrogens with two attached hydrogens (primary N) is 1. The molecule has 3 nitrogen and oxygen atoms in total. The Bertz CT molecular complexity index is 393. The standard InChI is InChI=1S/C12H16BrNO2/c1-8-11(13)9(4-2-3-5-14)6-10-12(8)16-7-15-10/h6H,2-5,7,14H2,1H3. The van der Waals surface area contributed by atoms with Gasteiger partial charge in [-0.25, -0.2) is 0 Å². The van der Waals surface area contributed by atoms with Crippen molar-refractivity contribution in [3.63, 3.8) is 0 Å². The summed E-state index contributed by atoms with van der Waals surface area (Å²) < 4.78 is 12.0. The van der Waals surface area contributed by atoms with Gasteiger partial charge in [-0.15, -0.1) is 0 Å². The molecule has 1 aliphatic heterocycles. The van der Waals surface area contributed by atoms with Crippen molar-refractivity contribution in [1.29, 1.82) is 0 Å². The lowest BCUT2D eigenvalue weighted by Crippen LogP contribution is -1.99. The topological polar surface area (TPSA) is 44.5 Å². The summed E-state index contributed by atoms with van der Waals surface area (Å²) in [5.74, 6) is 1.73. The van der Waals surface area contributed by atoms with Crippen LogP contribution in [0.4, 0.5) is 0 Å². The van der Waals surface area contributed by atoms with E-state index >= 15 is 0 Å². The molecule has 4 heteroatoms. The third-order valence-corrected chi connectivity index (χ3v) is 3.90. The van der Waals surface area contributed by atoms with E-state index in [1.807, 2.05) is 6.92 Å². The summed E-state index contributed by atoms with van der Waals surface area (Å²) in [5.41, 5.74) is 7.89. The van der Waals surface area contributed by atoms with Gasteiger partial charge in [0.25, 0.3) is 0 Å². The van der Waals surface area contributed by atoms with Gasteiger partial charge in [0.05, 0.1) is 0 Å². The first-order chi connectivity index (χ1) is 7.74. The summed E-state index contributed by atoms with van der Waals surface area (Å²) in [5, 5.41) is 0. The third-order valence-electron chi connectivity index (χ3n) is 2.80. The van der Waals surface area contributed by atoms with Gasteiger partial charge in [-0.1, -0.05) is 15.9 Å². The van der Waals surface area contributed by atoms with Gasteiger partial charge < -0.3 is 15.2 Å². The monoisotopic (exact) mass is 285 g/mol. The molecule has 2 N–H and O–H groups in total. The predicted octanol–water partition coefficient (Wildman–Crippen LogP) is 2.77. The number of hydrogen-bond donors (Lipinski definition) is 1. The molecule has 16 heavy (non-hydrogen) atoms. The lowest BCUT2D eigenvalue weighted by Gasteiger charge is -2.09. The van der Waals surface area contributed by atoms with Gasteiger partial charge in [0.2, 0.25) is 6.79 Å². The van der Waals surface area contributed by atoms with E-state index in [0.717, 1.165) is 47.3 Å². The summed E-state index contributed by atoms with van der Waals surface area (Å²) in [7, 11) is 0. The van der Waals surface area contributed by atoms with Crippen LogP contribution in [0.2, 0.25) is 0 Å². The fourth-order valence-corrected chi connectivity index (χ4v) is 2.39. The van der Waals surface area contributed by atoms with Crippen LogP contribution in [0.1, 0.15) is 24.0 Å². The number of aryl methyl sites for hydroxylation is 1. The Morgan fingerprint density at radius 1 is 1.38 bits per heavy atom. The molecule has 0 unspecified atom stereocenters. The van der Waals surface area contributed by atoms with E-state index in [0.29, 0.717) is 6.79 Å². The molecule has 0 atom stereocenters. The van der Waals surface area contributed by atoms with Crippen LogP contribution in [0.15, 0.2) is 10.5 Å². The molecule has 0 fully saturated rings. The normalized spacial score (nSPS) is 13.2. The number of ether oxygens (including phenoxy) is 2. The van der Waals surface area contributed by atoms with Crippen molar-refractivity contribution in [3.05, 3.63) is 21.7 Å². The van der Waals surface area contributed by atoms with E-state index in [1.54, 1.807) is 0 Å². The molecule has 0 aromatic heterocycles. The number of unbranched alkanes of at least 4 members (excludes halogenated alkanes) is 1.